The number of carbonyl (C=O) groups is 2. The number of furan rings is 1. The molecule has 0 saturated carbocycles. The van der Waals surface area contributed by atoms with Gasteiger partial charge in [0, 0.05) is 29.6 Å². The molecule has 1 aliphatic rings. The Balaban J connectivity index is 0.00000241. The highest BCUT2D eigenvalue weighted by atomic mass is 35.5. The third-order valence-electron chi connectivity index (χ3n) is 5.51. The van der Waals surface area contributed by atoms with Crippen molar-refractivity contribution in [3.8, 4) is 0 Å². The van der Waals surface area contributed by atoms with E-state index in [1.54, 1.807) is 30.3 Å². The standard InChI is InChI=1S/C24H24Cl2N6O3.2ClH/c25-11-16(27)29-6-8-31-20-15-5-10-35-24(15)21(32-9-7-30-17(28)12-26)19-18(20)22(33)13-3-1-2-4-14(13)23(19)34;;/h1-5,10,31-32H,6-9,11-12H2,(H2,27,29)(H2,28,30);2*1H. The largest absolute Gasteiger partial charge is 0.462 e. The highest BCUT2D eigenvalue weighted by Crippen LogP contribution is 2.43. The lowest BCUT2D eigenvalue weighted by Gasteiger charge is -2.24. The van der Waals surface area contributed by atoms with Crippen LogP contribution in [0.3, 0.4) is 0 Å². The third kappa shape index (κ3) is 6.13. The Bertz CT molecular complexity index is 1260. The number of nitrogens with two attached hydrogens (primary N) is 2. The predicted octanol–water partition coefficient (Wildman–Crippen LogP) is 4.07. The number of nitrogens with zero attached hydrogens (tertiary/aromatic N) is 2. The van der Waals surface area contributed by atoms with E-state index in [1.807, 2.05) is 0 Å². The molecular weight excluding hydrogens is 562 g/mol. The number of alkyl halides is 2. The van der Waals surface area contributed by atoms with Gasteiger partial charge in [-0.25, -0.2) is 0 Å². The number of rotatable bonds is 10. The number of ketones is 2. The monoisotopic (exact) mass is 586 g/mol. The average Bonchev–Trinajstić information content (AvgIpc) is 3.37. The molecule has 37 heavy (non-hydrogen) atoms. The number of aliphatic imine (C=N–C) groups is 2. The van der Waals surface area contributed by atoms with Gasteiger partial charge in [-0.15, -0.1) is 48.0 Å². The molecule has 0 unspecified atom stereocenters. The van der Waals surface area contributed by atoms with Crippen LogP contribution in [0.1, 0.15) is 31.8 Å². The lowest BCUT2D eigenvalue weighted by molar-refractivity contribution is 0.0980. The molecule has 0 saturated heterocycles. The number of benzene rings is 2. The van der Waals surface area contributed by atoms with Crippen molar-refractivity contribution < 1.29 is 14.0 Å². The van der Waals surface area contributed by atoms with E-state index in [9.17, 15) is 9.59 Å². The van der Waals surface area contributed by atoms with Crippen molar-refractivity contribution in [2.24, 2.45) is 21.5 Å². The summed E-state index contributed by atoms with van der Waals surface area (Å²) in [6.45, 7) is 1.38. The number of amidine groups is 2. The molecule has 0 atom stereocenters. The first-order chi connectivity index (χ1) is 17.0. The minimum atomic E-state index is -0.271. The van der Waals surface area contributed by atoms with E-state index in [4.69, 9.17) is 39.1 Å². The SMILES string of the molecule is Cl.Cl.NC(CCl)=NCCNc1c2c(c(NCCN=C(N)CCl)c3occc13)C(=O)c1ccccc1C2=O. The van der Waals surface area contributed by atoms with Crippen LogP contribution in [-0.2, 0) is 0 Å². The molecule has 1 aliphatic carbocycles. The van der Waals surface area contributed by atoms with Crippen LogP contribution >= 0.6 is 48.0 Å². The van der Waals surface area contributed by atoms with Gasteiger partial charge in [0.05, 0.1) is 53.6 Å². The van der Waals surface area contributed by atoms with E-state index in [-0.39, 0.29) is 59.3 Å². The van der Waals surface area contributed by atoms with Crippen LogP contribution in [0.25, 0.3) is 11.0 Å². The van der Waals surface area contributed by atoms with Crippen LogP contribution in [0.2, 0.25) is 0 Å². The highest BCUT2D eigenvalue weighted by Gasteiger charge is 2.36. The smallest absolute Gasteiger partial charge is 0.196 e. The molecule has 0 radical (unpaired) electrons. The molecule has 1 aromatic heterocycles. The van der Waals surface area contributed by atoms with Crippen molar-refractivity contribution in [2.75, 3.05) is 48.6 Å². The van der Waals surface area contributed by atoms with Crippen molar-refractivity contribution in [3.63, 3.8) is 0 Å². The quantitative estimate of drug-likeness (QED) is 0.0718. The summed E-state index contributed by atoms with van der Waals surface area (Å²) in [6, 6.07) is 8.53. The van der Waals surface area contributed by atoms with E-state index in [1.165, 1.54) is 6.26 Å². The van der Waals surface area contributed by atoms with Crippen LogP contribution < -0.4 is 22.1 Å². The minimum Gasteiger partial charge on any atom is -0.462 e. The normalized spacial score (nSPS) is 12.9. The molecule has 0 fully saturated rings. The topological polar surface area (TPSA) is 148 Å². The van der Waals surface area contributed by atoms with Crippen molar-refractivity contribution in [2.45, 2.75) is 0 Å². The second-order valence-corrected chi connectivity index (χ2v) is 8.27. The number of hydrogen-bond acceptors (Lipinski definition) is 7. The second kappa shape index (κ2) is 13.5. The highest BCUT2D eigenvalue weighted by molar-refractivity contribution is 6.35. The molecule has 1 heterocycles. The Kier molecular flexibility index (Phi) is 11.1. The van der Waals surface area contributed by atoms with Gasteiger partial charge < -0.3 is 26.5 Å². The van der Waals surface area contributed by atoms with Gasteiger partial charge in [-0.1, -0.05) is 24.3 Å². The Morgan fingerprint density at radius 2 is 1.30 bits per heavy atom. The number of nitrogens with one attached hydrogen (secondary N) is 2. The van der Waals surface area contributed by atoms with Gasteiger partial charge in [0.15, 0.2) is 17.1 Å². The zero-order valence-electron chi connectivity index (χ0n) is 19.6. The lowest BCUT2D eigenvalue weighted by atomic mass is 9.81. The molecule has 0 amide bonds. The van der Waals surface area contributed by atoms with Crippen LogP contribution in [0.15, 0.2) is 51.0 Å². The van der Waals surface area contributed by atoms with Gasteiger partial charge >= 0.3 is 0 Å². The Labute approximate surface area is 235 Å². The molecule has 3 aromatic rings. The van der Waals surface area contributed by atoms with Crippen LogP contribution in [0, 0.1) is 0 Å². The minimum absolute atomic E-state index is 0. The maximum Gasteiger partial charge on any atom is 0.196 e. The molecule has 6 N–H and O–H groups in total. The van der Waals surface area contributed by atoms with Crippen LogP contribution in [-0.4, -0.2) is 61.2 Å². The summed E-state index contributed by atoms with van der Waals surface area (Å²) in [5.41, 5.74) is 14.0. The predicted molar refractivity (Wildman–Crippen MR) is 155 cm³/mol. The Hall–Kier alpha value is -2.98. The molecule has 4 rings (SSSR count). The number of fused-ring (bicyclic) bond motifs is 3. The molecule has 0 spiro atoms. The van der Waals surface area contributed by atoms with Gasteiger partial charge in [-0.2, -0.15) is 0 Å². The van der Waals surface area contributed by atoms with E-state index in [0.717, 1.165) is 0 Å². The fraction of sp³-hybridized carbons (Fsp3) is 0.250. The first-order valence-electron chi connectivity index (χ1n) is 10.9. The zero-order chi connectivity index (χ0) is 24.9. The summed E-state index contributed by atoms with van der Waals surface area (Å²) in [5.74, 6) is 0.371. The average molecular weight is 588 g/mol. The number of hydrogen-bond donors (Lipinski definition) is 4. The summed E-state index contributed by atoms with van der Waals surface area (Å²) in [5, 5.41) is 7.14. The summed E-state index contributed by atoms with van der Waals surface area (Å²) < 4.78 is 5.78. The fourth-order valence-corrected chi connectivity index (χ4v) is 4.17. The maximum absolute atomic E-state index is 13.7. The van der Waals surface area contributed by atoms with Gasteiger partial charge in [-0.05, 0) is 6.07 Å². The lowest BCUT2D eigenvalue weighted by Crippen LogP contribution is -2.25. The number of halogens is 4. The number of carbonyl (C=O) groups excluding carboxylic acids is 2. The van der Waals surface area contributed by atoms with E-state index in [0.29, 0.717) is 71.3 Å². The molecular formula is C24H26Cl4N6O3. The summed E-state index contributed by atoms with van der Waals surface area (Å²) >= 11 is 11.4. The van der Waals surface area contributed by atoms with E-state index < -0.39 is 0 Å². The van der Waals surface area contributed by atoms with Gasteiger partial charge in [0.25, 0.3) is 0 Å². The van der Waals surface area contributed by atoms with Gasteiger partial charge in [-0.3, -0.25) is 19.6 Å². The first kappa shape index (κ1) is 30.2. The molecule has 9 nitrogen and oxygen atoms in total. The Morgan fingerprint density at radius 3 is 1.81 bits per heavy atom. The van der Waals surface area contributed by atoms with Crippen molar-refractivity contribution in [1.82, 2.24) is 0 Å². The van der Waals surface area contributed by atoms with E-state index >= 15 is 0 Å². The molecule has 0 aliphatic heterocycles. The van der Waals surface area contributed by atoms with E-state index in [2.05, 4.69) is 20.6 Å². The van der Waals surface area contributed by atoms with Gasteiger partial charge in [0.2, 0.25) is 0 Å². The van der Waals surface area contributed by atoms with Crippen molar-refractivity contribution in [1.29, 1.82) is 0 Å². The zero-order valence-corrected chi connectivity index (χ0v) is 22.7. The third-order valence-corrected chi connectivity index (χ3v) is 6.06. The maximum atomic E-state index is 13.7. The fourth-order valence-electron chi connectivity index (χ4n) is 4.00. The molecule has 0 bridgehead atoms. The second-order valence-electron chi connectivity index (χ2n) is 7.73. The summed E-state index contributed by atoms with van der Waals surface area (Å²) in [7, 11) is 0. The first-order valence-corrected chi connectivity index (χ1v) is 12.0. The number of anilines is 2. The Morgan fingerprint density at radius 1 is 0.811 bits per heavy atom. The molecule has 2 aromatic carbocycles. The molecule has 13 heteroatoms. The van der Waals surface area contributed by atoms with Crippen molar-refractivity contribution in [3.05, 3.63) is 58.8 Å². The summed E-state index contributed by atoms with van der Waals surface area (Å²) in [4.78, 5) is 35.7. The van der Waals surface area contributed by atoms with Crippen LogP contribution in [0.5, 0.6) is 0 Å². The van der Waals surface area contributed by atoms with Crippen molar-refractivity contribution >= 4 is 93.6 Å². The van der Waals surface area contributed by atoms with Crippen LogP contribution in [0.4, 0.5) is 11.4 Å². The van der Waals surface area contributed by atoms with Gasteiger partial charge in [0.1, 0.15) is 11.7 Å². The molecule has 198 valence electrons. The summed E-state index contributed by atoms with van der Waals surface area (Å²) in [6.07, 6.45) is 1.52.